The molecule has 0 nitrogen and oxygen atoms in total. The van der Waals surface area contributed by atoms with Crippen LogP contribution in [0.5, 0.6) is 0 Å². The fourth-order valence-corrected chi connectivity index (χ4v) is 3.00. The van der Waals surface area contributed by atoms with Gasteiger partial charge in [0.25, 0.3) is 0 Å². The van der Waals surface area contributed by atoms with Crippen LogP contribution in [0, 0.1) is 11.3 Å². The van der Waals surface area contributed by atoms with E-state index in [9.17, 15) is 0 Å². The van der Waals surface area contributed by atoms with Crippen LogP contribution in [0.4, 0.5) is 0 Å². The van der Waals surface area contributed by atoms with Crippen LogP contribution in [-0.2, 0) is 0 Å². The Labute approximate surface area is 119 Å². The highest BCUT2D eigenvalue weighted by molar-refractivity contribution is 6.40. The van der Waals surface area contributed by atoms with Crippen LogP contribution >= 0.6 is 0 Å². The molecule has 0 unspecified atom stereocenters. The van der Waals surface area contributed by atoms with E-state index in [0.717, 1.165) is 5.92 Å². The Balaban J connectivity index is 4.67. The van der Waals surface area contributed by atoms with E-state index in [-0.39, 0.29) is 0 Å². The van der Waals surface area contributed by atoms with Crippen molar-refractivity contribution >= 4 is 15.7 Å². The smallest absolute Gasteiger partial charge is 0.0771 e. The van der Waals surface area contributed by atoms with E-state index < -0.39 is 0 Å². The van der Waals surface area contributed by atoms with E-state index in [1.54, 1.807) is 0 Å². The van der Waals surface area contributed by atoms with Gasteiger partial charge >= 0.3 is 0 Å². The SMILES string of the molecule is BC(B)(C(C)C)C(C)(CCCCC)CCCCC. The Morgan fingerprint density at radius 3 is 1.50 bits per heavy atom. The van der Waals surface area contributed by atoms with Gasteiger partial charge in [-0.25, -0.2) is 0 Å². The molecular weight excluding hydrogens is 214 g/mol. The summed E-state index contributed by atoms with van der Waals surface area (Å²) in [5.74, 6) is 0.769. The lowest BCUT2D eigenvalue weighted by atomic mass is 9.37. The summed E-state index contributed by atoms with van der Waals surface area (Å²) in [4.78, 5) is 0. The molecule has 2 heteroatoms. The van der Waals surface area contributed by atoms with Crippen LogP contribution in [0.3, 0.4) is 0 Å². The van der Waals surface area contributed by atoms with Crippen molar-refractivity contribution in [3.8, 4) is 0 Å². The Bertz CT molecular complexity index is 199. The molecule has 0 aliphatic rings. The number of hydrogen-bond acceptors (Lipinski definition) is 0. The highest BCUT2D eigenvalue weighted by Crippen LogP contribution is 2.52. The summed E-state index contributed by atoms with van der Waals surface area (Å²) in [7, 11) is 4.99. The summed E-state index contributed by atoms with van der Waals surface area (Å²) >= 11 is 0. The molecule has 0 aromatic carbocycles. The highest BCUT2D eigenvalue weighted by Gasteiger charge is 2.41. The fourth-order valence-electron chi connectivity index (χ4n) is 3.00. The second-order valence-corrected chi connectivity index (χ2v) is 7.35. The van der Waals surface area contributed by atoms with Crippen molar-refractivity contribution in [1.82, 2.24) is 0 Å². The maximum atomic E-state index is 2.55. The standard InChI is InChI=1S/C16H36B2/c1-6-8-10-12-15(5,13-11-9-7-2)16(17,18)14(3)4/h14H,6-13,17-18H2,1-5H3. The first kappa shape index (κ1) is 18.1. The molecule has 0 atom stereocenters. The number of rotatable bonds is 10. The van der Waals surface area contributed by atoms with Gasteiger partial charge in [0.1, 0.15) is 15.7 Å². The Morgan fingerprint density at radius 2 is 1.22 bits per heavy atom. The quantitative estimate of drug-likeness (QED) is 0.402. The minimum atomic E-state index is 0.453. The molecule has 0 heterocycles. The van der Waals surface area contributed by atoms with Crippen LogP contribution < -0.4 is 0 Å². The molecule has 0 radical (unpaired) electrons. The second-order valence-electron chi connectivity index (χ2n) is 7.35. The zero-order chi connectivity index (χ0) is 14.2. The van der Waals surface area contributed by atoms with Crippen LogP contribution in [0.25, 0.3) is 0 Å². The highest BCUT2D eigenvalue weighted by atomic mass is 14.4. The summed E-state index contributed by atoms with van der Waals surface area (Å²) in [6, 6.07) is 0. The van der Waals surface area contributed by atoms with Crippen LogP contribution in [0.1, 0.15) is 86.0 Å². The molecule has 106 valence electrons. The van der Waals surface area contributed by atoms with Crippen molar-refractivity contribution in [2.75, 3.05) is 0 Å². The summed E-state index contributed by atoms with van der Waals surface area (Å²) < 4.78 is 0. The topological polar surface area (TPSA) is 0 Å². The van der Waals surface area contributed by atoms with Gasteiger partial charge in [0.2, 0.25) is 0 Å². The minimum absolute atomic E-state index is 0.453. The third kappa shape index (κ3) is 5.02. The summed E-state index contributed by atoms with van der Waals surface area (Å²) in [5, 5.41) is 0.453. The normalized spacial score (nSPS) is 13.2. The molecule has 0 N–H and O–H groups in total. The first-order valence-electron chi connectivity index (χ1n) is 8.31. The molecule has 0 aromatic rings. The van der Waals surface area contributed by atoms with E-state index in [4.69, 9.17) is 0 Å². The molecule has 0 spiro atoms. The van der Waals surface area contributed by atoms with Gasteiger partial charge in [-0.1, -0.05) is 84.3 Å². The van der Waals surface area contributed by atoms with Gasteiger partial charge in [-0.15, -0.1) is 0 Å². The maximum Gasteiger partial charge on any atom is 0.100 e. The van der Waals surface area contributed by atoms with Gasteiger partial charge in [-0.3, -0.25) is 0 Å². The van der Waals surface area contributed by atoms with E-state index >= 15 is 0 Å². The van der Waals surface area contributed by atoms with E-state index in [0.29, 0.717) is 10.6 Å². The molecule has 18 heavy (non-hydrogen) atoms. The van der Waals surface area contributed by atoms with Crippen molar-refractivity contribution in [1.29, 1.82) is 0 Å². The molecule has 0 rings (SSSR count). The largest absolute Gasteiger partial charge is 0.100 e. The second kappa shape index (κ2) is 8.33. The summed E-state index contributed by atoms with van der Waals surface area (Å²) in [6.07, 6.45) is 11.1. The monoisotopic (exact) mass is 250 g/mol. The molecule has 0 saturated heterocycles. The molecular formula is C16H36B2. The van der Waals surface area contributed by atoms with Gasteiger partial charge < -0.3 is 0 Å². The van der Waals surface area contributed by atoms with Crippen molar-refractivity contribution < 1.29 is 0 Å². The number of unbranched alkanes of at least 4 members (excludes halogenated alkanes) is 4. The zero-order valence-electron chi connectivity index (χ0n) is 14.2. The first-order chi connectivity index (χ1) is 8.31. The molecule has 0 aliphatic carbocycles. The van der Waals surface area contributed by atoms with E-state index in [2.05, 4.69) is 50.3 Å². The van der Waals surface area contributed by atoms with Gasteiger partial charge in [-0.2, -0.15) is 0 Å². The van der Waals surface area contributed by atoms with Gasteiger partial charge in [0.05, 0.1) is 0 Å². The van der Waals surface area contributed by atoms with Crippen molar-refractivity contribution in [3.63, 3.8) is 0 Å². The summed E-state index contributed by atoms with van der Waals surface area (Å²) in [5.41, 5.74) is 0.519. The van der Waals surface area contributed by atoms with Crippen molar-refractivity contribution in [3.05, 3.63) is 0 Å². The summed E-state index contributed by atoms with van der Waals surface area (Å²) in [6.45, 7) is 12.0. The predicted molar refractivity (Wildman–Crippen MR) is 91.0 cm³/mol. The average molecular weight is 250 g/mol. The third-order valence-corrected chi connectivity index (χ3v) is 5.66. The fraction of sp³-hybridized carbons (Fsp3) is 1.00. The lowest BCUT2D eigenvalue weighted by Gasteiger charge is -2.48. The third-order valence-electron chi connectivity index (χ3n) is 5.66. The predicted octanol–water partition coefficient (Wildman–Crippen LogP) is 4.19. The molecule has 0 aliphatic heterocycles. The molecule has 0 aromatic heterocycles. The number of hydrogen-bond donors (Lipinski definition) is 0. The molecule has 0 saturated carbocycles. The van der Waals surface area contributed by atoms with Gasteiger partial charge in [0, 0.05) is 0 Å². The van der Waals surface area contributed by atoms with Gasteiger partial charge in [0.15, 0.2) is 0 Å². The van der Waals surface area contributed by atoms with Gasteiger partial charge in [-0.05, 0) is 18.3 Å². The first-order valence-corrected chi connectivity index (χ1v) is 8.31. The van der Waals surface area contributed by atoms with E-state index in [1.165, 1.54) is 51.4 Å². The Morgan fingerprint density at radius 1 is 0.833 bits per heavy atom. The lowest BCUT2D eigenvalue weighted by Crippen LogP contribution is -2.39. The Hall–Kier alpha value is 0.130. The molecule has 0 fully saturated rings. The van der Waals surface area contributed by atoms with Crippen molar-refractivity contribution in [2.45, 2.75) is 91.2 Å². The van der Waals surface area contributed by atoms with Crippen LogP contribution in [0.15, 0.2) is 0 Å². The maximum absolute atomic E-state index is 2.55. The van der Waals surface area contributed by atoms with E-state index in [1.807, 2.05) is 0 Å². The van der Waals surface area contributed by atoms with Crippen LogP contribution in [-0.4, -0.2) is 15.7 Å². The van der Waals surface area contributed by atoms with Crippen molar-refractivity contribution in [2.24, 2.45) is 11.3 Å². The Kier molecular flexibility index (Phi) is 8.39. The molecule has 0 amide bonds. The average Bonchev–Trinajstić information content (AvgIpc) is 2.29. The minimum Gasteiger partial charge on any atom is -0.0771 e. The molecule has 0 bridgehead atoms. The van der Waals surface area contributed by atoms with Crippen LogP contribution in [0.2, 0.25) is 5.21 Å². The zero-order valence-corrected chi connectivity index (χ0v) is 14.2. The lowest BCUT2D eigenvalue weighted by molar-refractivity contribution is 0.177.